The Hall–Kier alpha value is -2.71. The summed E-state index contributed by atoms with van der Waals surface area (Å²) < 4.78 is 10.3. The van der Waals surface area contributed by atoms with Crippen LogP contribution in [-0.2, 0) is 27.3 Å². The number of hydrogen-bond donors (Lipinski definition) is 1. The van der Waals surface area contributed by atoms with Crippen molar-refractivity contribution in [3.63, 3.8) is 0 Å². The van der Waals surface area contributed by atoms with Crippen molar-refractivity contribution in [1.82, 2.24) is 10.3 Å². The first-order valence-corrected chi connectivity index (χ1v) is 10.4. The van der Waals surface area contributed by atoms with Gasteiger partial charge in [0.05, 0.1) is 24.1 Å². The fourth-order valence-electron chi connectivity index (χ4n) is 2.42. The van der Waals surface area contributed by atoms with Gasteiger partial charge in [0, 0.05) is 11.9 Å². The molecule has 28 heavy (non-hydrogen) atoms. The van der Waals surface area contributed by atoms with E-state index in [-0.39, 0.29) is 12.3 Å². The van der Waals surface area contributed by atoms with Crippen LogP contribution in [0.3, 0.4) is 0 Å². The molecule has 0 aliphatic heterocycles. The maximum Gasteiger partial charge on any atom is 0.312 e. The highest BCUT2D eigenvalue weighted by Gasteiger charge is 2.19. The molecule has 1 amide bonds. The van der Waals surface area contributed by atoms with Crippen molar-refractivity contribution in [3.8, 4) is 15.6 Å². The van der Waals surface area contributed by atoms with Crippen LogP contribution in [0, 0.1) is 0 Å². The molecule has 0 aliphatic carbocycles. The monoisotopic (exact) mass is 416 g/mol. The maximum atomic E-state index is 12.2. The number of hydrogen-bond acceptors (Lipinski definition) is 7. The number of nitrogens with one attached hydrogen (secondary N) is 1. The van der Waals surface area contributed by atoms with Gasteiger partial charge in [-0.3, -0.25) is 9.59 Å². The lowest BCUT2D eigenvalue weighted by atomic mass is 10.2. The summed E-state index contributed by atoms with van der Waals surface area (Å²) in [4.78, 5) is 29.8. The van der Waals surface area contributed by atoms with E-state index >= 15 is 0 Å². The SMILES string of the molecule is COc1ccc(CNC(=O)[C@@H](C)OC(=O)Cc2csc(-c3cccs3)n2)cc1. The van der Waals surface area contributed by atoms with Crippen LogP contribution in [0.2, 0.25) is 0 Å². The topological polar surface area (TPSA) is 77.5 Å². The number of amides is 1. The lowest BCUT2D eigenvalue weighted by Crippen LogP contribution is -2.35. The van der Waals surface area contributed by atoms with E-state index in [2.05, 4.69) is 10.3 Å². The zero-order chi connectivity index (χ0) is 19.9. The molecule has 2 heterocycles. The van der Waals surface area contributed by atoms with Gasteiger partial charge in [0.2, 0.25) is 0 Å². The number of carbonyl (C=O) groups is 2. The van der Waals surface area contributed by atoms with Gasteiger partial charge in [0.1, 0.15) is 10.8 Å². The minimum atomic E-state index is -0.874. The predicted molar refractivity (Wildman–Crippen MR) is 110 cm³/mol. The molecule has 0 saturated carbocycles. The standard InChI is InChI=1S/C20H20N2O4S2/c1-13(19(24)21-11-14-5-7-16(25-2)8-6-14)26-18(23)10-15-12-28-20(22-15)17-4-3-9-27-17/h3-9,12-13H,10-11H2,1-2H3,(H,21,24)/t13-/m1/s1. The summed E-state index contributed by atoms with van der Waals surface area (Å²) in [5, 5.41) is 7.46. The molecule has 2 aromatic heterocycles. The van der Waals surface area contributed by atoms with Crippen LogP contribution < -0.4 is 10.1 Å². The summed E-state index contributed by atoms with van der Waals surface area (Å²) in [6.07, 6.45) is -0.834. The van der Waals surface area contributed by atoms with Gasteiger partial charge in [-0.1, -0.05) is 18.2 Å². The minimum Gasteiger partial charge on any atom is -0.497 e. The molecule has 0 spiro atoms. The highest BCUT2D eigenvalue weighted by Crippen LogP contribution is 2.27. The van der Waals surface area contributed by atoms with Crippen LogP contribution >= 0.6 is 22.7 Å². The minimum absolute atomic E-state index is 0.0397. The fourth-order valence-corrected chi connectivity index (χ4v) is 4.05. The predicted octanol–water partition coefficient (Wildman–Crippen LogP) is 3.67. The molecular formula is C20H20N2O4S2. The van der Waals surface area contributed by atoms with Crippen molar-refractivity contribution in [1.29, 1.82) is 0 Å². The van der Waals surface area contributed by atoms with Crippen molar-refractivity contribution in [2.45, 2.75) is 26.0 Å². The van der Waals surface area contributed by atoms with Crippen molar-refractivity contribution in [2.75, 3.05) is 7.11 Å². The largest absolute Gasteiger partial charge is 0.497 e. The normalized spacial score (nSPS) is 11.6. The Morgan fingerprint density at radius 2 is 1.96 bits per heavy atom. The van der Waals surface area contributed by atoms with Gasteiger partial charge in [-0.25, -0.2) is 4.98 Å². The quantitative estimate of drug-likeness (QED) is 0.567. The number of esters is 1. The highest BCUT2D eigenvalue weighted by atomic mass is 32.1. The summed E-state index contributed by atoms with van der Waals surface area (Å²) in [5.74, 6) is -0.0708. The van der Waals surface area contributed by atoms with Crippen molar-refractivity contribution < 1.29 is 19.1 Å². The lowest BCUT2D eigenvalue weighted by Gasteiger charge is -2.13. The van der Waals surface area contributed by atoms with E-state index in [9.17, 15) is 9.59 Å². The molecule has 1 atom stereocenters. The summed E-state index contributed by atoms with van der Waals surface area (Å²) in [7, 11) is 1.60. The number of methoxy groups -OCH3 is 1. The molecule has 146 valence electrons. The van der Waals surface area contributed by atoms with E-state index in [1.165, 1.54) is 11.3 Å². The smallest absolute Gasteiger partial charge is 0.312 e. The third-order valence-electron chi connectivity index (χ3n) is 3.91. The van der Waals surface area contributed by atoms with E-state index in [0.717, 1.165) is 21.2 Å². The number of carbonyl (C=O) groups excluding carboxylic acids is 2. The van der Waals surface area contributed by atoms with Gasteiger partial charge >= 0.3 is 5.97 Å². The Kier molecular flexibility index (Phi) is 6.78. The molecule has 0 fully saturated rings. The Labute approximate surface area is 171 Å². The van der Waals surface area contributed by atoms with Crippen molar-refractivity contribution >= 4 is 34.6 Å². The first kappa shape index (κ1) is 20.0. The van der Waals surface area contributed by atoms with E-state index in [1.54, 1.807) is 25.4 Å². The second-order valence-electron chi connectivity index (χ2n) is 6.00. The summed E-state index contributed by atoms with van der Waals surface area (Å²) in [6, 6.07) is 11.3. The van der Waals surface area contributed by atoms with E-state index in [1.807, 2.05) is 47.2 Å². The van der Waals surface area contributed by atoms with Gasteiger partial charge < -0.3 is 14.8 Å². The number of thiazole rings is 1. The average molecular weight is 417 g/mol. The number of thiophene rings is 1. The molecule has 0 bridgehead atoms. The van der Waals surface area contributed by atoms with E-state index in [0.29, 0.717) is 12.2 Å². The maximum absolute atomic E-state index is 12.2. The molecule has 3 aromatic rings. The molecule has 1 aromatic carbocycles. The number of benzene rings is 1. The first-order chi connectivity index (χ1) is 13.5. The van der Waals surface area contributed by atoms with Gasteiger partial charge in [-0.2, -0.15) is 0 Å². The van der Waals surface area contributed by atoms with Crippen LogP contribution in [0.15, 0.2) is 47.2 Å². The second kappa shape index (κ2) is 9.48. The molecule has 0 saturated heterocycles. The molecule has 8 heteroatoms. The fraction of sp³-hybridized carbons (Fsp3) is 0.250. The Bertz CT molecular complexity index is 920. The van der Waals surface area contributed by atoms with Gasteiger partial charge in [-0.05, 0) is 36.1 Å². The summed E-state index contributed by atoms with van der Waals surface area (Å²) in [6.45, 7) is 1.90. The van der Waals surface area contributed by atoms with Crippen LogP contribution in [-0.4, -0.2) is 30.1 Å². The molecule has 0 radical (unpaired) electrons. The molecule has 0 unspecified atom stereocenters. The van der Waals surface area contributed by atoms with Gasteiger partial charge in [0.25, 0.3) is 5.91 Å². The molecule has 6 nitrogen and oxygen atoms in total. The number of ether oxygens (including phenoxy) is 2. The average Bonchev–Trinajstić information content (AvgIpc) is 3.38. The molecule has 0 aliphatic rings. The van der Waals surface area contributed by atoms with Gasteiger partial charge in [0.15, 0.2) is 6.10 Å². The molecule has 3 rings (SSSR count). The lowest BCUT2D eigenvalue weighted by molar-refractivity contribution is -0.154. The van der Waals surface area contributed by atoms with Crippen LogP contribution in [0.5, 0.6) is 5.75 Å². The highest BCUT2D eigenvalue weighted by molar-refractivity contribution is 7.20. The number of aromatic nitrogens is 1. The molecule has 1 N–H and O–H groups in total. The van der Waals surface area contributed by atoms with Gasteiger partial charge in [-0.15, -0.1) is 22.7 Å². The van der Waals surface area contributed by atoms with E-state index in [4.69, 9.17) is 9.47 Å². The van der Waals surface area contributed by atoms with Crippen LogP contribution in [0.25, 0.3) is 9.88 Å². The zero-order valence-electron chi connectivity index (χ0n) is 15.5. The Morgan fingerprint density at radius 3 is 2.64 bits per heavy atom. The Balaban J connectivity index is 1.46. The zero-order valence-corrected chi connectivity index (χ0v) is 17.1. The number of rotatable bonds is 8. The third-order valence-corrected chi connectivity index (χ3v) is 5.84. The third kappa shape index (κ3) is 5.40. The van der Waals surface area contributed by atoms with Crippen LogP contribution in [0.1, 0.15) is 18.2 Å². The molecular weight excluding hydrogens is 396 g/mol. The van der Waals surface area contributed by atoms with E-state index < -0.39 is 12.1 Å². The summed E-state index contributed by atoms with van der Waals surface area (Å²) in [5.41, 5.74) is 1.57. The van der Waals surface area contributed by atoms with Crippen molar-refractivity contribution in [2.24, 2.45) is 0 Å². The second-order valence-corrected chi connectivity index (χ2v) is 7.80. The number of nitrogens with zero attached hydrogens (tertiary/aromatic N) is 1. The first-order valence-electron chi connectivity index (χ1n) is 8.63. The van der Waals surface area contributed by atoms with Crippen molar-refractivity contribution in [3.05, 3.63) is 58.4 Å². The summed E-state index contributed by atoms with van der Waals surface area (Å²) >= 11 is 3.09. The van der Waals surface area contributed by atoms with Crippen LogP contribution in [0.4, 0.5) is 0 Å². The Morgan fingerprint density at radius 1 is 1.18 bits per heavy atom.